The number of benzene rings is 1. The summed E-state index contributed by atoms with van der Waals surface area (Å²) in [6, 6.07) is 5.57. The zero-order valence-electron chi connectivity index (χ0n) is 13.1. The molecule has 0 radical (unpaired) electrons. The number of nitrogens with zero attached hydrogens (tertiary/aromatic N) is 2. The number of hydrogen-bond donors (Lipinski definition) is 2. The van der Waals surface area contributed by atoms with E-state index in [2.05, 4.69) is 24.3 Å². The molecule has 0 saturated heterocycles. The van der Waals surface area contributed by atoms with Gasteiger partial charge in [0.1, 0.15) is 11.5 Å². The van der Waals surface area contributed by atoms with Gasteiger partial charge in [-0.15, -0.1) is 0 Å². The summed E-state index contributed by atoms with van der Waals surface area (Å²) < 4.78 is 12.3. The maximum Gasteiger partial charge on any atom is 0.152 e. The lowest BCUT2D eigenvalue weighted by molar-refractivity contribution is 0.395. The number of ether oxygens (including phenoxy) is 2. The van der Waals surface area contributed by atoms with Gasteiger partial charge in [-0.1, -0.05) is 13.8 Å². The summed E-state index contributed by atoms with van der Waals surface area (Å²) in [5.41, 5.74) is 8.54. The molecule has 0 aliphatic rings. The van der Waals surface area contributed by atoms with E-state index in [0.717, 1.165) is 22.9 Å². The third kappa shape index (κ3) is 2.89. The normalized spacial score (nSPS) is 10.8. The van der Waals surface area contributed by atoms with Gasteiger partial charge in [-0.3, -0.25) is 4.68 Å². The van der Waals surface area contributed by atoms with Crippen LogP contribution in [0.3, 0.4) is 0 Å². The van der Waals surface area contributed by atoms with Crippen molar-refractivity contribution < 1.29 is 9.47 Å². The van der Waals surface area contributed by atoms with E-state index in [1.807, 2.05) is 25.2 Å². The van der Waals surface area contributed by atoms with E-state index in [-0.39, 0.29) is 5.92 Å². The van der Waals surface area contributed by atoms with Gasteiger partial charge < -0.3 is 20.5 Å². The van der Waals surface area contributed by atoms with Crippen molar-refractivity contribution in [3.05, 3.63) is 23.9 Å². The molecule has 0 fully saturated rings. The van der Waals surface area contributed by atoms with Crippen molar-refractivity contribution in [1.82, 2.24) is 9.78 Å². The summed E-state index contributed by atoms with van der Waals surface area (Å²) in [5.74, 6) is 2.44. The first-order chi connectivity index (χ1) is 9.97. The number of nitrogens with two attached hydrogens (primary N) is 1. The van der Waals surface area contributed by atoms with Crippen LogP contribution in [0, 0.1) is 0 Å². The summed E-state index contributed by atoms with van der Waals surface area (Å²) in [6.07, 6.45) is 0. The molecular formula is C15H22N4O2. The molecule has 0 bridgehead atoms. The first-order valence-electron chi connectivity index (χ1n) is 6.79. The van der Waals surface area contributed by atoms with Crippen molar-refractivity contribution in [2.45, 2.75) is 19.8 Å². The van der Waals surface area contributed by atoms with Crippen LogP contribution in [0.1, 0.15) is 25.5 Å². The first kappa shape index (κ1) is 15.0. The molecule has 2 aromatic rings. The van der Waals surface area contributed by atoms with Crippen LogP contribution < -0.4 is 20.5 Å². The number of aryl methyl sites for hydroxylation is 1. The van der Waals surface area contributed by atoms with E-state index in [0.29, 0.717) is 11.4 Å². The van der Waals surface area contributed by atoms with E-state index in [1.165, 1.54) is 0 Å². The molecule has 0 amide bonds. The molecule has 0 atom stereocenters. The van der Waals surface area contributed by atoms with Gasteiger partial charge in [0.05, 0.1) is 31.3 Å². The highest BCUT2D eigenvalue weighted by Gasteiger charge is 2.17. The molecule has 2 rings (SSSR count). The molecule has 0 unspecified atom stereocenters. The Morgan fingerprint density at radius 3 is 2.48 bits per heavy atom. The van der Waals surface area contributed by atoms with E-state index in [9.17, 15) is 0 Å². The van der Waals surface area contributed by atoms with Gasteiger partial charge in [0.25, 0.3) is 0 Å². The summed E-state index contributed by atoms with van der Waals surface area (Å²) >= 11 is 0. The molecule has 1 aromatic carbocycles. The minimum absolute atomic E-state index is 0.268. The van der Waals surface area contributed by atoms with Crippen molar-refractivity contribution in [1.29, 1.82) is 0 Å². The number of rotatable bonds is 5. The van der Waals surface area contributed by atoms with E-state index < -0.39 is 0 Å². The molecule has 1 heterocycles. The van der Waals surface area contributed by atoms with Gasteiger partial charge in [-0.2, -0.15) is 5.10 Å². The molecule has 0 aliphatic heterocycles. The summed E-state index contributed by atoms with van der Waals surface area (Å²) in [7, 11) is 5.10. The third-order valence-electron chi connectivity index (χ3n) is 3.32. The molecular weight excluding hydrogens is 268 g/mol. The Morgan fingerprint density at radius 1 is 1.24 bits per heavy atom. The number of nitrogen functional groups attached to an aromatic ring is 1. The highest BCUT2D eigenvalue weighted by Crippen LogP contribution is 2.35. The zero-order chi connectivity index (χ0) is 15.6. The molecule has 0 saturated carbocycles. The van der Waals surface area contributed by atoms with Crippen LogP contribution in [0.4, 0.5) is 17.2 Å². The average molecular weight is 290 g/mol. The van der Waals surface area contributed by atoms with Crippen molar-refractivity contribution in [2.24, 2.45) is 7.05 Å². The Balaban J connectivity index is 2.38. The van der Waals surface area contributed by atoms with Crippen LogP contribution in [0.2, 0.25) is 0 Å². The summed E-state index contributed by atoms with van der Waals surface area (Å²) in [5, 5.41) is 7.74. The fourth-order valence-corrected chi connectivity index (χ4v) is 2.17. The van der Waals surface area contributed by atoms with Crippen LogP contribution >= 0.6 is 0 Å². The van der Waals surface area contributed by atoms with Crippen LogP contribution in [-0.4, -0.2) is 24.0 Å². The first-order valence-corrected chi connectivity index (χ1v) is 6.79. The number of anilines is 3. The van der Waals surface area contributed by atoms with Crippen LogP contribution in [0.25, 0.3) is 0 Å². The third-order valence-corrected chi connectivity index (χ3v) is 3.32. The average Bonchev–Trinajstić information content (AvgIpc) is 2.75. The predicted octanol–water partition coefficient (Wildman–Crippen LogP) is 2.89. The Hall–Kier alpha value is -2.37. The zero-order valence-corrected chi connectivity index (χ0v) is 13.1. The number of hydrogen-bond acceptors (Lipinski definition) is 5. The van der Waals surface area contributed by atoms with Crippen molar-refractivity contribution >= 4 is 17.2 Å². The second-order valence-corrected chi connectivity index (χ2v) is 5.12. The van der Waals surface area contributed by atoms with Crippen molar-refractivity contribution in [3.8, 4) is 11.5 Å². The lowest BCUT2D eigenvalue weighted by Gasteiger charge is -2.13. The Morgan fingerprint density at radius 2 is 1.95 bits per heavy atom. The summed E-state index contributed by atoms with van der Waals surface area (Å²) in [4.78, 5) is 0. The standard InChI is InChI=1S/C15H22N4O2/c1-9(2)14-13(16)15(19(3)18-14)17-11-7-6-10(20-4)8-12(11)21-5/h6-9,17H,16H2,1-5H3. The number of methoxy groups -OCH3 is 2. The second-order valence-electron chi connectivity index (χ2n) is 5.12. The monoisotopic (exact) mass is 290 g/mol. The van der Waals surface area contributed by atoms with Crippen LogP contribution in [0.15, 0.2) is 18.2 Å². The minimum atomic E-state index is 0.268. The maximum atomic E-state index is 6.19. The van der Waals surface area contributed by atoms with E-state index in [4.69, 9.17) is 15.2 Å². The van der Waals surface area contributed by atoms with Gasteiger partial charge in [0.15, 0.2) is 5.82 Å². The molecule has 0 spiro atoms. The van der Waals surface area contributed by atoms with Gasteiger partial charge in [0, 0.05) is 13.1 Å². The molecule has 6 nitrogen and oxygen atoms in total. The van der Waals surface area contributed by atoms with Crippen molar-refractivity contribution in [3.63, 3.8) is 0 Å². The Bertz CT molecular complexity index is 635. The second kappa shape index (κ2) is 5.95. The van der Waals surface area contributed by atoms with Crippen molar-refractivity contribution in [2.75, 3.05) is 25.3 Å². The van der Waals surface area contributed by atoms with Gasteiger partial charge in [-0.25, -0.2) is 0 Å². The Labute approximate surface area is 124 Å². The van der Waals surface area contributed by atoms with E-state index >= 15 is 0 Å². The maximum absolute atomic E-state index is 6.19. The van der Waals surface area contributed by atoms with Gasteiger partial charge >= 0.3 is 0 Å². The SMILES string of the molecule is COc1ccc(Nc2c(N)c(C(C)C)nn2C)c(OC)c1. The Kier molecular flexibility index (Phi) is 4.26. The number of aromatic nitrogens is 2. The quantitative estimate of drug-likeness (QED) is 0.885. The molecule has 114 valence electrons. The van der Waals surface area contributed by atoms with E-state index in [1.54, 1.807) is 18.9 Å². The fraction of sp³-hybridized carbons (Fsp3) is 0.400. The fourth-order valence-electron chi connectivity index (χ4n) is 2.17. The smallest absolute Gasteiger partial charge is 0.152 e. The lowest BCUT2D eigenvalue weighted by atomic mass is 10.1. The topological polar surface area (TPSA) is 74.3 Å². The molecule has 21 heavy (non-hydrogen) atoms. The van der Waals surface area contributed by atoms with Crippen LogP contribution in [0.5, 0.6) is 11.5 Å². The highest BCUT2D eigenvalue weighted by atomic mass is 16.5. The van der Waals surface area contributed by atoms with Gasteiger partial charge in [-0.05, 0) is 18.1 Å². The predicted molar refractivity (Wildman–Crippen MR) is 84.5 cm³/mol. The highest BCUT2D eigenvalue weighted by molar-refractivity contribution is 5.75. The molecule has 0 aliphatic carbocycles. The number of nitrogens with one attached hydrogen (secondary N) is 1. The molecule has 1 aromatic heterocycles. The molecule has 3 N–H and O–H groups in total. The lowest BCUT2D eigenvalue weighted by Crippen LogP contribution is -2.03. The summed E-state index contributed by atoms with van der Waals surface area (Å²) in [6.45, 7) is 4.13. The van der Waals surface area contributed by atoms with Gasteiger partial charge in [0.2, 0.25) is 0 Å². The molecule has 6 heteroatoms. The van der Waals surface area contributed by atoms with Crippen LogP contribution in [-0.2, 0) is 7.05 Å². The largest absolute Gasteiger partial charge is 0.497 e. The minimum Gasteiger partial charge on any atom is -0.497 e.